The molecule has 1 fully saturated rings. The zero-order chi connectivity index (χ0) is 18.5. The highest BCUT2D eigenvalue weighted by Gasteiger charge is 2.23. The molecule has 7 nitrogen and oxygen atoms in total. The van der Waals surface area contributed by atoms with E-state index in [0.29, 0.717) is 22.6 Å². The number of nitrogens with one attached hydrogen (secondary N) is 2. The van der Waals surface area contributed by atoms with Crippen LogP contribution in [0.2, 0.25) is 0 Å². The van der Waals surface area contributed by atoms with Crippen LogP contribution >= 0.6 is 0 Å². The number of rotatable bonds is 7. The van der Waals surface area contributed by atoms with Gasteiger partial charge in [-0.1, -0.05) is 6.07 Å². The fourth-order valence-corrected chi connectivity index (χ4v) is 2.29. The van der Waals surface area contributed by atoms with E-state index in [9.17, 15) is 14.4 Å². The lowest BCUT2D eigenvalue weighted by atomic mass is 10.1. The van der Waals surface area contributed by atoms with E-state index in [0.717, 1.165) is 12.8 Å². The van der Waals surface area contributed by atoms with Crippen LogP contribution in [0.15, 0.2) is 48.5 Å². The Morgan fingerprint density at radius 3 is 2.38 bits per heavy atom. The Hall–Kier alpha value is -3.35. The van der Waals surface area contributed by atoms with E-state index in [-0.39, 0.29) is 24.5 Å². The number of carbonyl (C=O) groups excluding carboxylic acids is 3. The number of nitrogens with two attached hydrogens (primary N) is 1. The number of anilines is 1. The highest BCUT2D eigenvalue weighted by molar-refractivity contribution is 6.05. The van der Waals surface area contributed by atoms with Gasteiger partial charge >= 0.3 is 0 Å². The first-order chi connectivity index (χ1) is 12.5. The lowest BCUT2D eigenvalue weighted by Crippen LogP contribution is -2.25. The van der Waals surface area contributed by atoms with E-state index < -0.39 is 5.91 Å². The van der Waals surface area contributed by atoms with E-state index >= 15 is 0 Å². The van der Waals surface area contributed by atoms with Gasteiger partial charge in [-0.25, -0.2) is 0 Å². The quantitative estimate of drug-likeness (QED) is 0.703. The molecule has 0 saturated heterocycles. The molecule has 4 N–H and O–H groups in total. The van der Waals surface area contributed by atoms with Gasteiger partial charge in [-0.15, -0.1) is 0 Å². The van der Waals surface area contributed by atoms with Crippen LogP contribution in [0.3, 0.4) is 0 Å². The molecule has 2 aromatic rings. The Kier molecular flexibility index (Phi) is 5.17. The van der Waals surface area contributed by atoms with Gasteiger partial charge < -0.3 is 21.1 Å². The molecule has 1 aliphatic carbocycles. The molecule has 1 saturated carbocycles. The van der Waals surface area contributed by atoms with Crippen molar-refractivity contribution in [3.63, 3.8) is 0 Å². The standard InChI is InChI=1S/C19H19N3O4/c20-17(23)11-26-16-8-4-12(5-9-16)18(24)22-15-3-1-2-13(10-15)19(25)21-14-6-7-14/h1-5,8-10,14H,6-7,11H2,(H2,20,23)(H,21,25)(H,22,24). The van der Waals surface area contributed by atoms with Gasteiger partial charge in [0.15, 0.2) is 6.61 Å². The minimum absolute atomic E-state index is 0.139. The van der Waals surface area contributed by atoms with E-state index in [2.05, 4.69) is 10.6 Å². The average molecular weight is 353 g/mol. The fraction of sp³-hybridized carbons (Fsp3) is 0.211. The summed E-state index contributed by atoms with van der Waals surface area (Å²) < 4.78 is 5.15. The predicted molar refractivity (Wildman–Crippen MR) is 96.0 cm³/mol. The summed E-state index contributed by atoms with van der Waals surface area (Å²) in [4.78, 5) is 35.1. The predicted octanol–water partition coefficient (Wildman–Crippen LogP) is 1.70. The Balaban J connectivity index is 1.62. The van der Waals surface area contributed by atoms with Gasteiger partial charge in [-0.05, 0) is 55.3 Å². The van der Waals surface area contributed by atoms with Crippen molar-refractivity contribution in [3.8, 4) is 5.75 Å². The molecule has 134 valence electrons. The molecule has 0 bridgehead atoms. The lowest BCUT2D eigenvalue weighted by molar-refractivity contribution is -0.119. The van der Waals surface area contributed by atoms with Crippen LogP contribution in [0.4, 0.5) is 5.69 Å². The molecule has 2 aromatic carbocycles. The molecule has 1 aliphatic rings. The second kappa shape index (κ2) is 7.69. The largest absolute Gasteiger partial charge is 0.484 e. The van der Waals surface area contributed by atoms with Crippen molar-refractivity contribution >= 4 is 23.4 Å². The zero-order valence-electron chi connectivity index (χ0n) is 14.0. The second-order valence-electron chi connectivity index (χ2n) is 6.06. The molecule has 0 aromatic heterocycles. The average Bonchev–Trinajstić information content (AvgIpc) is 3.44. The summed E-state index contributed by atoms with van der Waals surface area (Å²) in [5.74, 6) is -0.581. The first kappa shape index (κ1) is 17.5. The third-order valence-electron chi connectivity index (χ3n) is 3.79. The van der Waals surface area contributed by atoms with E-state index in [1.807, 2.05) is 0 Å². The molecule has 0 radical (unpaired) electrons. The Labute approximate surface area is 150 Å². The maximum absolute atomic E-state index is 12.3. The van der Waals surface area contributed by atoms with Gasteiger partial charge in [0.1, 0.15) is 5.75 Å². The Morgan fingerprint density at radius 2 is 1.73 bits per heavy atom. The van der Waals surface area contributed by atoms with Crippen LogP contribution in [-0.4, -0.2) is 30.4 Å². The number of amides is 3. The zero-order valence-corrected chi connectivity index (χ0v) is 14.0. The number of primary amides is 1. The third kappa shape index (κ3) is 4.83. The van der Waals surface area contributed by atoms with Gasteiger partial charge in [0.05, 0.1) is 0 Å². The molecule has 26 heavy (non-hydrogen) atoms. The van der Waals surface area contributed by atoms with Crippen LogP contribution in [0.1, 0.15) is 33.6 Å². The topological polar surface area (TPSA) is 111 Å². The molecule has 3 rings (SSSR count). The first-order valence-electron chi connectivity index (χ1n) is 8.25. The first-order valence-corrected chi connectivity index (χ1v) is 8.25. The second-order valence-corrected chi connectivity index (χ2v) is 6.06. The normalized spacial score (nSPS) is 12.9. The lowest BCUT2D eigenvalue weighted by Gasteiger charge is -2.09. The fourth-order valence-electron chi connectivity index (χ4n) is 2.29. The minimum atomic E-state index is -0.572. The molecule has 7 heteroatoms. The van der Waals surface area contributed by atoms with Gasteiger partial charge in [0.2, 0.25) is 0 Å². The van der Waals surface area contributed by atoms with Crippen LogP contribution in [0.5, 0.6) is 5.75 Å². The number of hydrogen-bond donors (Lipinski definition) is 3. The number of carbonyl (C=O) groups is 3. The smallest absolute Gasteiger partial charge is 0.255 e. The molecule has 0 atom stereocenters. The molecule has 3 amide bonds. The summed E-state index contributed by atoms with van der Waals surface area (Å²) in [6, 6.07) is 13.4. The Morgan fingerprint density at radius 1 is 1.00 bits per heavy atom. The number of hydrogen-bond acceptors (Lipinski definition) is 4. The van der Waals surface area contributed by atoms with E-state index in [1.165, 1.54) is 0 Å². The van der Waals surface area contributed by atoms with Crippen molar-refractivity contribution in [3.05, 3.63) is 59.7 Å². The van der Waals surface area contributed by atoms with Crippen LogP contribution in [0, 0.1) is 0 Å². The third-order valence-corrected chi connectivity index (χ3v) is 3.79. The van der Waals surface area contributed by atoms with Crippen LogP contribution in [-0.2, 0) is 4.79 Å². The molecule has 0 unspecified atom stereocenters. The van der Waals surface area contributed by atoms with Gasteiger partial charge in [-0.2, -0.15) is 0 Å². The number of ether oxygens (including phenoxy) is 1. The summed E-state index contributed by atoms with van der Waals surface area (Å²) in [6.45, 7) is -0.221. The highest BCUT2D eigenvalue weighted by atomic mass is 16.5. The maximum atomic E-state index is 12.3. The van der Waals surface area contributed by atoms with Crippen molar-refractivity contribution in [2.45, 2.75) is 18.9 Å². The van der Waals surface area contributed by atoms with Crippen molar-refractivity contribution in [1.82, 2.24) is 5.32 Å². The van der Waals surface area contributed by atoms with Crippen molar-refractivity contribution in [2.75, 3.05) is 11.9 Å². The molecular formula is C19H19N3O4. The summed E-state index contributed by atoms with van der Waals surface area (Å²) >= 11 is 0. The monoisotopic (exact) mass is 353 g/mol. The highest BCUT2D eigenvalue weighted by Crippen LogP contribution is 2.20. The Bertz CT molecular complexity index is 829. The van der Waals surface area contributed by atoms with E-state index in [1.54, 1.807) is 48.5 Å². The SMILES string of the molecule is NC(=O)COc1ccc(C(=O)Nc2cccc(C(=O)NC3CC3)c2)cc1. The van der Waals surface area contributed by atoms with Crippen molar-refractivity contribution in [2.24, 2.45) is 5.73 Å². The van der Waals surface area contributed by atoms with E-state index in [4.69, 9.17) is 10.5 Å². The minimum Gasteiger partial charge on any atom is -0.484 e. The number of benzene rings is 2. The molecular weight excluding hydrogens is 334 g/mol. The summed E-state index contributed by atoms with van der Waals surface area (Å²) in [7, 11) is 0. The maximum Gasteiger partial charge on any atom is 0.255 e. The van der Waals surface area contributed by atoms with Gasteiger partial charge in [-0.3, -0.25) is 14.4 Å². The van der Waals surface area contributed by atoms with Gasteiger partial charge in [0.25, 0.3) is 17.7 Å². The molecule has 0 aliphatic heterocycles. The van der Waals surface area contributed by atoms with Crippen LogP contribution in [0.25, 0.3) is 0 Å². The van der Waals surface area contributed by atoms with Crippen molar-refractivity contribution < 1.29 is 19.1 Å². The summed E-state index contributed by atoms with van der Waals surface area (Å²) in [5, 5.41) is 5.67. The summed E-state index contributed by atoms with van der Waals surface area (Å²) in [6.07, 6.45) is 2.03. The molecule has 0 heterocycles. The van der Waals surface area contributed by atoms with Crippen molar-refractivity contribution in [1.29, 1.82) is 0 Å². The molecule has 0 spiro atoms. The van der Waals surface area contributed by atoms with Crippen LogP contribution < -0.4 is 21.1 Å². The summed E-state index contributed by atoms with van der Waals surface area (Å²) in [5.41, 5.74) is 6.47. The van der Waals surface area contributed by atoms with Gasteiger partial charge in [0, 0.05) is 22.9 Å².